The Kier molecular flexibility index (Phi) is 2.93. The van der Waals surface area contributed by atoms with Gasteiger partial charge in [-0.2, -0.15) is 0 Å². The van der Waals surface area contributed by atoms with Gasteiger partial charge in [0.2, 0.25) is 6.41 Å². The molecule has 0 aromatic carbocycles. The molecule has 1 amide bonds. The highest BCUT2D eigenvalue weighted by Crippen LogP contribution is 2.36. The van der Waals surface area contributed by atoms with Gasteiger partial charge >= 0.3 is 5.97 Å². The molecular weight excluding hydrogens is 194 g/mol. The minimum absolute atomic E-state index is 0.186. The number of hydrogen-bond donors (Lipinski definition) is 1. The van der Waals surface area contributed by atoms with E-state index in [1.807, 2.05) is 0 Å². The number of carbonyl (C=O) groups excluding carboxylic acids is 1. The van der Waals surface area contributed by atoms with Crippen LogP contribution in [0.3, 0.4) is 0 Å². The van der Waals surface area contributed by atoms with Gasteiger partial charge in [0, 0.05) is 6.04 Å². The minimum atomic E-state index is -0.855. The molecule has 4 heteroatoms. The molecule has 0 radical (unpaired) electrons. The first-order chi connectivity index (χ1) is 7.24. The summed E-state index contributed by atoms with van der Waals surface area (Å²) in [6.45, 7) is 0. The van der Waals surface area contributed by atoms with E-state index in [1.165, 1.54) is 6.42 Å². The smallest absolute Gasteiger partial charge is 0.326 e. The Morgan fingerprint density at radius 2 is 1.93 bits per heavy atom. The van der Waals surface area contributed by atoms with Gasteiger partial charge in [-0.3, -0.25) is 4.79 Å². The fourth-order valence-corrected chi connectivity index (χ4v) is 3.07. The van der Waals surface area contributed by atoms with E-state index in [-0.39, 0.29) is 6.04 Å². The molecule has 0 bridgehead atoms. The SMILES string of the molecule is O=CN1C(C(=O)O)CCC2CCCCC21. The van der Waals surface area contributed by atoms with E-state index < -0.39 is 12.0 Å². The number of carbonyl (C=O) groups is 2. The molecule has 4 nitrogen and oxygen atoms in total. The van der Waals surface area contributed by atoms with Crippen LogP contribution in [-0.2, 0) is 9.59 Å². The zero-order valence-electron chi connectivity index (χ0n) is 8.76. The van der Waals surface area contributed by atoms with Crippen molar-refractivity contribution in [3.8, 4) is 0 Å². The predicted octanol–water partition coefficient (Wildman–Crippen LogP) is 1.25. The summed E-state index contributed by atoms with van der Waals surface area (Å²) in [5, 5.41) is 9.03. The molecule has 1 N–H and O–H groups in total. The van der Waals surface area contributed by atoms with Crippen LogP contribution in [0.1, 0.15) is 38.5 Å². The lowest BCUT2D eigenvalue weighted by Gasteiger charge is -2.45. The molecule has 84 valence electrons. The molecule has 15 heavy (non-hydrogen) atoms. The van der Waals surface area contributed by atoms with Gasteiger partial charge in [0.15, 0.2) is 0 Å². The number of likely N-dealkylation sites (tertiary alicyclic amines) is 1. The van der Waals surface area contributed by atoms with Crippen LogP contribution in [-0.4, -0.2) is 34.5 Å². The fraction of sp³-hybridized carbons (Fsp3) is 0.818. The van der Waals surface area contributed by atoms with Gasteiger partial charge in [-0.25, -0.2) is 4.79 Å². The molecule has 1 aliphatic carbocycles. The van der Waals surface area contributed by atoms with Crippen LogP contribution in [0.25, 0.3) is 0 Å². The first-order valence-electron chi connectivity index (χ1n) is 5.69. The van der Waals surface area contributed by atoms with Crippen molar-refractivity contribution in [2.75, 3.05) is 0 Å². The molecule has 1 saturated heterocycles. The highest BCUT2D eigenvalue weighted by atomic mass is 16.4. The number of hydrogen-bond acceptors (Lipinski definition) is 2. The van der Waals surface area contributed by atoms with Crippen molar-refractivity contribution in [3.05, 3.63) is 0 Å². The molecular formula is C11H17NO3. The standard InChI is InChI=1S/C11H17NO3/c13-7-12-9-4-2-1-3-8(9)5-6-10(12)11(14)15/h7-10H,1-6H2,(H,14,15). The third kappa shape index (κ3) is 1.85. The van der Waals surface area contributed by atoms with Gasteiger partial charge in [-0.1, -0.05) is 12.8 Å². The van der Waals surface area contributed by atoms with Crippen molar-refractivity contribution in [1.82, 2.24) is 4.90 Å². The zero-order chi connectivity index (χ0) is 10.8. The summed E-state index contributed by atoms with van der Waals surface area (Å²) in [6.07, 6.45) is 6.81. The Hall–Kier alpha value is -1.06. The number of aliphatic carboxylic acids is 1. The molecule has 0 spiro atoms. The molecule has 0 aromatic heterocycles. The van der Waals surface area contributed by atoms with Crippen LogP contribution < -0.4 is 0 Å². The number of rotatable bonds is 2. The van der Waals surface area contributed by atoms with Crippen molar-refractivity contribution in [3.63, 3.8) is 0 Å². The molecule has 1 heterocycles. The lowest BCUT2D eigenvalue weighted by atomic mass is 9.76. The molecule has 3 atom stereocenters. The normalized spacial score (nSPS) is 35.7. The van der Waals surface area contributed by atoms with Crippen molar-refractivity contribution in [2.24, 2.45) is 5.92 Å². The quantitative estimate of drug-likeness (QED) is 0.699. The van der Waals surface area contributed by atoms with E-state index in [9.17, 15) is 9.59 Å². The van der Waals surface area contributed by atoms with E-state index in [1.54, 1.807) is 4.90 Å². The average molecular weight is 211 g/mol. The second-order valence-corrected chi connectivity index (χ2v) is 4.60. The fourth-order valence-electron chi connectivity index (χ4n) is 3.07. The third-order valence-electron chi connectivity index (χ3n) is 3.83. The number of carboxylic acid groups (broad SMARTS) is 1. The Morgan fingerprint density at radius 1 is 1.20 bits per heavy atom. The topological polar surface area (TPSA) is 57.6 Å². The van der Waals surface area contributed by atoms with Crippen LogP contribution >= 0.6 is 0 Å². The number of carboxylic acids is 1. The van der Waals surface area contributed by atoms with E-state index in [4.69, 9.17) is 5.11 Å². The molecule has 2 rings (SSSR count). The first kappa shape index (κ1) is 10.5. The van der Waals surface area contributed by atoms with Crippen molar-refractivity contribution in [2.45, 2.75) is 50.6 Å². The van der Waals surface area contributed by atoms with Crippen molar-refractivity contribution < 1.29 is 14.7 Å². The number of fused-ring (bicyclic) bond motifs is 1. The van der Waals surface area contributed by atoms with Crippen molar-refractivity contribution >= 4 is 12.4 Å². The predicted molar refractivity (Wildman–Crippen MR) is 54.3 cm³/mol. The summed E-state index contributed by atoms with van der Waals surface area (Å²) >= 11 is 0. The molecule has 0 aromatic rings. The summed E-state index contributed by atoms with van der Waals surface area (Å²) in [7, 11) is 0. The molecule has 2 aliphatic rings. The summed E-state index contributed by atoms with van der Waals surface area (Å²) in [5.41, 5.74) is 0. The van der Waals surface area contributed by atoms with Crippen molar-refractivity contribution in [1.29, 1.82) is 0 Å². The maximum absolute atomic E-state index is 11.0. The Morgan fingerprint density at radius 3 is 2.60 bits per heavy atom. The lowest BCUT2D eigenvalue weighted by molar-refractivity contribution is -0.152. The van der Waals surface area contributed by atoms with E-state index in [0.29, 0.717) is 12.3 Å². The summed E-state index contributed by atoms with van der Waals surface area (Å²) in [6, 6.07) is -0.395. The summed E-state index contributed by atoms with van der Waals surface area (Å²) in [5.74, 6) is -0.314. The minimum Gasteiger partial charge on any atom is -0.480 e. The van der Waals surface area contributed by atoms with Crippen LogP contribution in [0.15, 0.2) is 0 Å². The maximum atomic E-state index is 11.0. The Labute approximate surface area is 89.3 Å². The van der Waals surface area contributed by atoms with Crippen LogP contribution in [0.5, 0.6) is 0 Å². The van der Waals surface area contributed by atoms with Gasteiger partial charge in [0.1, 0.15) is 6.04 Å². The largest absolute Gasteiger partial charge is 0.480 e. The van der Waals surface area contributed by atoms with Gasteiger partial charge < -0.3 is 10.0 Å². The van der Waals surface area contributed by atoms with Gasteiger partial charge in [-0.15, -0.1) is 0 Å². The first-order valence-corrected chi connectivity index (χ1v) is 5.69. The molecule has 1 aliphatic heterocycles. The Bertz CT molecular complexity index is 267. The lowest BCUT2D eigenvalue weighted by Crippen LogP contribution is -2.54. The Balaban J connectivity index is 2.14. The second-order valence-electron chi connectivity index (χ2n) is 4.60. The number of piperidine rings is 1. The van der Waals surface area contributed by atoms with Gasteiger partial charge in [-0.05, 0) is 31.6 Å². The molecule has 3 unspecified atom stereocenters. The van der Waals surface area contributed by atoms with Gasteiger partial charge in [0.25, 0.3) is 0 Å². The molecule has 1 saturated carbocycles. The summed E-state index contributed by atoms with van der Waals surface area (Å²) in [4.78, 5) is 23.5. The number of nitrogens with zero attached hydrogens (tertiary/aromatic N) is 1. The molecule has 2 fully saturated rings. The highest BCUT2D eigenvalue weighted by molar-refractivity contribution is 5.76. The van der Waals surface area contributed by atoms with Gasteiger partial charge in [0.05, 0.1) is 0 Å². The van der Waals surface area contributed by atoms with Crippen LogP contribution in [0, 0.1) is 5.92 Å². The maximum Gasteiger partial charge on any atom is 0.326 e. The third-order valence-corrected chi connectivity index (χ3v) is 3.83. The number of amides is 1. The summed E-state index contributed by atoms with van der Waals surface area (Å²) < 4.78 is 0. The monoisotopic (exact) mass is 211 g/mol. The van der Waals surface area contributed by atoms with E-state index in [2.05, 4.69) is 0 Å². The van der Waals surface area contributed by atoms with Crippen LogP contribution in [0.4, 0.5) is 0 Å². The second kappa shape index (κ2) is 4.21. The zero-order valence-corrected chi connectivity index (χ0v) is 8.76. The van der Waals surface area contributed by atoms with E-state index in [0.717, 1.165) is 32.1 Å². The van der Waals surface area contributed by atoms with Crippen LogP contribution in [0.2, 0.25) is 0 Å². The highest BCUT2D eigenvalue weighted by Gasteiger charge is 2.40. The van der Waals surface area contributed by atoms with E-state index >= 15 is 0 Å². The average Bonchev–Trinajstić information content (AvgIpc) is 2.27.